The molecule has 0 fully saturated rings. The van der Waals surface area contributed by atoms with Gasteiger partial charge in [0.2, 0.25) is 0 Å². The van der Waals surface area contributed by atoms with Gasteiger partial charge in [0.15, 0.2) is 0 Å². The summed E-state index contributed by atoms with van der Waals surface area (Å²) < 4.78 is 0.762. The summed E-state index contributed by atoms with van der Waals surface area (Å²) >= 11 is 9.30. The highest BCUT2D eigenvalue weighted by molar-refractivity contribution is 9.10. The smallest absolute Gasteiger partial charge is 0.255 e. The van der Waals surface area contributed by atoms with E-state index >= 15 is 0 Å². The molecule has 4 nitrogen and oxygen atoms in total. The minimum absolute atomic E-state index is 0.222. The van der Waals surface area contributed by atoms with Crippen molar-refractivity contribution in [1.82, 2.24) is 9.97 Å². The molecule has 1 N–H and O–H groups in total. The molecule has 2 rings (SSSR count). The van der Waals surface area contributed by atoms with Gasteiger partial charge in [0.05, 0.1) is 11.9 Å². The summed E-state index contributed by atoms with van der Waals surface area (Å²) in [5.41, 5.74) is 2.91. The molecule has 0 aliphatic heterocycles. The number of nitrogens with zero attached hydrogens (tertiary/aromatic N) is 2. The van der Waals surface area contributed by atoms with Crippen LogP contribution in [0, 0.1) is 6.92 Å². The zero-order chi connectivity index (χ0) is 15.4. The first kappa shape index (κ1) is 15.9. The number of nitrogens with one attached hydrogen (secondary N) is 1. The van der Waals surface area contributed by atoms with E-state index in [4.69, 9.17) is 11.6 Å². The minimum Gasteiger partial charge on any atom is -0.321 e. The fraction of sp³-hybridized carbons (Fsp3) is 0.267. The molecule has 0 radical (unpaired) electrons. The van der Waals surface area contributed by atoms with Crippen LogP contribution < -0.4 is 5.32 Å². The van der Waals surface area contributed by atoms with Crippen LogP contribution in [-0.4, -0.2) is 15.9 Å². The molecular weight excluding hydrogens is 354 g/mol. The number of anilines is 1. The van der Waals surface area contributed by atoms with Gasteiger partial charge in [-0.3, -0.25) is 4.79 Å². The number of carbonyl (C=O) groups is 1. The molecule has 0 spiro atoms. The quantitative estimate of drug-likeness (QED) is 0.813. The third-order valence-electron chi connectivity index (χ3n) is 2.89. The number of hydrogen-bond donors (Lipinski definition) is 1. The summed E-state index contributed by atoms with van der Waals surface area (Å²) in [6.45, 7) is 3.97. The number of rotatable bonds is 4. The van der Waals surface area contributed by atoms with E-state index in [1.54, 1.807) is 18.3 Å². The van der Waals surface area contributed by atoms with Crippen molar-refractivity contribution in [1.29, 1.82) is 0 Å². The number of aryl methyl sites for hydroxylation is 2. The van der Waals surface area contributed by atoms with E-state index in [1.807, 2.05) is 13.0 Å². The monoisotopic (exact) mass is 367 g/mol. The minimum atomic E-state index is -0.222. The molecule has 0 aliphatic rings. The van der Waals surface area contributed by atoms with Gasteiger partial charge >= 0.3 is 0 Å². The zero-order valence-electron chi connectivity index (χ0n) is 11.8. The van der Waals surface area contributed by atoms with Crippen molar-refractivity contribution in [2.75, 3.05) is 5.32 Å². The van der Waals surface area contributed by atoms with Crippen LogP contribution in [0.2, 0.25) is 5.15 Å². The van der Waals surface area contributed by atoms with Gasteiger partial charge in [-0.2, -0.15) is 0 Å². The Morgan fingerprint density at radius 3 is 2.81 bits per heavy atom. The highest BCUT2D eigenvalue weighted by Gasteiger charge is 2.10. The van der Waals surface area contributed by atoms with Crippen LogP contribution >= 0.6 is 27.5 Å². The van der Waals surface area contributed by atoms with Crippen molar-refractivity contribution in [3.63, 3.8) is 0 Å². The molecule has 1 amide bonds. The lowest BCUT2D eigenvalue weighted by molar-refractivity contribution is 0.102. The molecule has 2 aromatic heterocycles. The van der Waals surface area contributed by atoms with Crippen LogP contribution in [-0.2, 0) is 6.42 Å². The Morgan fingerprint density at radius 1 is 1.38 bits per heavy atom. The summed E-state index contributed by atoms with van der Waals surface area (Å²) in [6.07, 6.45) is 3.34. The van der Waals surface area contributed by atoms with Gasteiger partial charge in [-0.1, -0.05) is 24.9 Å². The first-order valence-electron chi connectivity index (χ1n) is 6.59. The molecule has 110 valence electrons. The molecule has 0 saturated carbocycles. The summed E-state index contributed by atoms with van der Waals surface area (Å²) in [5.74, 6) is -0.222. The Morgan fingerprint density at radius 2 is 2.14 bits per heavy atom. The van der Waals surface area contributed by atoms with E-state index in [2.05, 4.69) is 38.1 Å². The Hall–Kier alpha value is -1.46. The van der Waals surface area contributed by atoms with Gasteiger partial charge in [0, 0.05) is 11.3 Å². The standard InChI is InChI=1S/C15H15BrClN3O/c1-3-4-11-6-10(7-13(17)19-11)15(21)20-12-5-9(2)14(16)18-8-12/h5-8H,3-4H2,1-2H3,(H,20,21). The maximum atomic E-state index is 12.3. The van der Waals surface area contributed by atoms with Crippen LogP contribution in [0.1, 0.15) is 35.0 Å². The maximum absolute atomic E-state index is 12.3. The highest BCUT2D eigenvalue weighted by Crippen LogP contribution is 2.18. The van der Waals surface area contributed by atoms with Crippen LogP contribution in [0.4, 0.5) is 5.69 Å². The van der Waals surface area contributed by atoms with Crippen molar-refractivity contribution >= 4 is 39.1 Å². The fourth-order valence-electron chi connectivity index (χ4n) is 1.90. The molecule has 0 saturated heterocycles. The zero-order valence-corrected chi connectivity index (χ0v) is 14.1. The number of carbonyl (C=O) groups excluding carboxylic acids is 1. The number of amides is 1. The third-order valence-corrected chi connectivity index (χ3v) is 3.91. The van der Waals surface area contributed by atoms with Gasteiger partial charge in [0.1, 0.15) is 9.76 Å². The van der Waals surface area contributed by atoms with Crippen molar-refractivity contribution < 1.29 is 4.79 Å². The topological polar surface area (TPSA) is 54.9 Å². The Kier molecular flexibility index (Phi) is 5.31. The van der Waals surface area contributed by atoms with Crippen LogP contribution in [0.25, 0.3) is 0 Å². The number of pyridine rings is 2. The second kappa shape index (κ2) is 7.00. The van der Waals surface area contributed by atoms with E-state index in [9.17, 15) is 4.79 Å². The summed E-state index contributed by atoms with van der Waals surface area (Å²) in [6, 6.07) is 5.18. The van der Waals surface area contributed by atoms with Crippen molar-refractivity contribution in [2.24, 2.45) is 0 Å². The van der Waals surface area contributed by atoms with Crippen LogP contribution in [0.3, 0.4) is 0 Å². The number of halogens is 2. The highest BCUT2D eigenvalue weighted by atomic mass is 79.9. The molecule has 0 aromatic carbocycles. The predicted octanol–water partition coefficient (Wildman–Crippen LogP) is 4.41. The molecule has 0 atom stereocenters. The summed E-state index contributed by atoms with van der Waals surface area (Å²) in [7, 11) is 0. The number of aromatic nitrogens is 2. The Bertz CT molecular complexity index is 676. The van der Waals surface area contributed by atoms with Crippen molar-refractivity contribution in [3.8, 4) is 0 Å². The molecular formula is C15H15BrClN3O. The average molecular weight is 369 g/mol. The molecule has 2 heterocycles. The van der Waals surface area contributed by atoms with Gasteiger partial charge in [0.25, 0.3) is 5.91 Å². The van der Waals surface area contributed by atoms with Gasteiger partial charge in [-0.15, -0.1) is 0 Å². The molecule has 0 aliphatic carbocycles. The van der Waals surface area contributed by atoms with E-state index < -0.39 is 0 Å². The first-order chi connectivity index (χ1) is 9.99. The average Bonchev–Trinajstić information content (AvgIpc) is 2.42. The Labute approximate surface area is 137 Å². The van der Waals surface area contributed by atoms with Gasteiger partial charge < -0.3 is 5.32 Å². The lowest BCUT2D eigenvalue weighted by Crippen LogP contribution is -2.13. The maximum Gasteiger partial charge on any atom is 0.255 e. The third kappa shape index (κ3) is 4.25. The molecule has 0 unspecified atom stereocenters. The van der Waals surface area contributed by atoms with E-state index in [-0.39, 0.29) is 5.91 Å². The molecule has 21 heavy (non-hydrogen) atoms. The Balaban J connectivity index is 2.21. The lowest BCUT2D eigenvalue weighted by atomic mass is 10.1. The normalized spacial score (nSPS) is 10.5. The number of hydrogen-bond acceptors (Lipinski definition) is 3. The van der Waals surface area contributed by atoms with Gasteiger partial charge in [-0.05, 0) is 53.0 Å². The van der Waals surface area contributed by atoms with Crippen molar-refractivity contribution in [2.45, 2.75) is 26.7 Å². The van der Waals surface area contributed by atoms with E-state index in [1.165, 1.54) is 0 Å². The second-order valence-electron chi connectivity index (χ2n) is 4.71. The molecule has 2 aromatic rings. The van der Waals surface area contributed by atoms with E-state index in [0.29, 0.717) is 16.4 Å². The first-order valence-corrected chi connectivity index (χ1v) is 7.76. The largest absolute Gasteiger partial charge is 0.321 e. The summed E-state index contributed by atoms with van der Waals surface area (Å²) in [4.78, 5) is 20.6. The second-order valence-corrected chi connectivity index (χ2v) is 5.84. The van der Waals surface area contributed by atoms with Crippen molar-refractivity contribution in [3.05, 3.63) is 51.0 Å². The lowest BCUT2D eigenvalue weighted by Gasteiger charge is -2.08. The van der Waals surface area contributed by atoms with E-state index in [0.717, 1.165) is 28.7 Å². The van der Waals surface area contributed by atoms with Gasteiger partial charge in [-0.25, -0.2) is 9.97 Å². The van der Waals surface area contributed by atoms with Crippen LogP contribution in [0.15, 0.2) is 29.0 Å². The van der Waals surface area contributed by atoms with Crippen LogP contribution in [0.5, 0.6) is 0 Å². The predicted molar refractivity (Wildman–Crippen MR) is 87.9 cm³/mol. The molecule has 0 bridgehead atoms. The fourth-order valence-corrected chi connectivity index (χ4v) is 2.34. The molecule has 6 heteroatoms. The summed E-state index contributed by atoms with van der Waals surface area (Å²) in [5, 5.41) is 3.14. The SMILES string of the molecule is CCCc1cc(C(=O)Nc2cnc(Br)c(C)c2)cc(Cl)n1.